The summed E-state index contributed by atoms with van der Waals surface area (Å²) in [5.41, 5.74) is 8.05. The molecule has 0 fully saturated rings. The Bertz CT molecular complexity index is 456. The van der Waals surface area contributed by atoms with Crippen molar-refractivity contribution in [1.82, 2.24) is 0 Å². The van der Waals surface area contributed by atoms with E-state index in [1.807, 2.05) is 18.2 Å². The van der Waals surface area contributed by atoms with Crippen LogP contribution in [-0.4, -0.2) is 13.2 Å². The van der Waals surface area contributed by atoms with Gasteiger partial charge >= 0.3 is 0 Å². The first kappa shape index (κ1) is 15.5. The van der Waals surface area contributed by atoms with Gasteiger partial charge in [0.05, 0.1) is 6.61 Å². The van der Waals surface area contributed by atoms with Gasteiger partial charge in [0, 0.05) is 0 Å². The highest BCUT2D eigenvalue weighted by Gasteiger charge is 1.97. The number of ether oxygens (including phenoxy) is 1. The minimum atomic E-state index is 0. The van der Waals surface area contributed by atoms with Gasteiger partial charge in [0.1, 0.15) is 5.75 Å². The van der Waals surface area contributed by atoms with Crippen molar-refractivity contribution >= 4 is 12.4 Å². The predicted molar refractivity (Wildman–Crippen MR) is 82.1 cm³/mol. The van der Waals surface area contributed by atoms with Crippen LogP contribution >= 0.6 is 12.4 Å². The quantitative estimate of drug-likeness (QED) is 0.821. The molecule has 102 valence electrons. The molecule has 2 rings (SSSR count). The Kier molecular flexibility index (Phi) is 7.01. The molecule has 0 spiro atoms. The van der Waals surface area contributed by atoms with E-state index in [0.717, 1.165) is 18.6 Å². The summed E-state index contributed by atoms with van der Waals surface area (Å²) in [4.78, 5) is 0. The summed E-state index contributed by atoms with van der Waals surface area (Å²) in [7, 11) is 0. The predicted octanol–water partition coefficient (Wildman–Crippen LogP) is 3.43. The Morgan fingerprint density at radius 3 is 2.11 bits per heavy atom. The minimum Gasteiger partial charge on any atom is -0.494 e. The first-order valence-corrected chi connectivity index (χ1v) is 6.34. The highest BCUT2D eigenvalue weighted by atomic mass is 35.5. The fourth-order valence-electron chi connectivity index (χ4n) is 1.81. The Morgan fingerprint density at radius 1 is 0.842 bits per heavy atom. The summed E-state index contributed by atoms with van der Waals surface area (Å²) in [5.74, 6) is 0.917. The van der Waals surface area contributed by atoms with Gasteiger partial charge in [-0.3, -0.25) is 0 Å². The lowest BCUT2D eigenvalue weighted by molar-refractivity contribution is 0.313. The number of hydrogen-bond donors (Lipinski definition) is 1. The van der Waals surface area contributed by atoms with Gasteiger partial charge in [-0.2, -0.15) is 0 Å². The van der Waals surface area contributed by atoms with Crippen LogP contribution in [0.25, 0.3) is 0 Å². The first-order valence-electron chi connectivity index (χ1n) is 6.34. The van der Waals surface area contributed by atoms with Gasteiger partial charge in [-0.05, 0) is 42.6 Å². The van der Waals surface area contributed by atoms with Crippen LogP contribution < -0.4 is 10.5 Å². The molecule has 0 saturated carbocycles. The van der Waals surface area contributed by atoms with Gasteiger partial charge in [-0.25, -0.2) is 0 Å². The van der Waals surface area contributed by atoms with E-state index in [9.17, 15) is 0 Å². The molecule has 0 heterocycles. The summed E-state index contributed by atoms with van der Waals surface area (Å²) in [6, 6.07) is 18.7. The van der Waals surface area contributed by atoms with Crippen molar-refractivity contribution in [2.75, 3.05) is 13.2 Å². The lowest BCUT2D eigenvalue weighted by Crippen LogP contribution is -2.06. The molecular formula is C16H20ClNO. The van der Waals surface area contributed by atoms with Gasteiger partial charge in [-0.15, -0.1) is 12.4 Å². The first-order chi connectivity index (χ1) is 8.88. The molecule has 19 heavy (non-hydrogen) atoms. The van der Waals surface area contributed by atoms with Crippen molar-refractivity contribution < 1.29 is 4.74 Å². The normalized spacial score (nSPS) is 9.74. The second-order valence-corrected chi connectivity index (χ2v) is 4.30. The van der Waals surface area contributed by atoms with E-state index in [1.165, 1.54) is 11.1 Å². The van der Waals surface area contributed by atoms with Gasteiger partial charge in [0.2, 0.25) is 0 Å². The van der Waals surface area contributed by atoms with Crippen LogP contribution in [0.5, 0.6) is 5.75 Å². The summed E-state index contributed by atoms with van der Waals surface area (Å²) >= 11 is 0. The molecule has 0 aromatic heterocycles. The van der Waals surface area contributed by atoms with E-state index >= 15 is 0 Å². The second kappa shape index (κ2) is 8.57. The molecule has 2 aromatic rings. The van der Waals surface area contributed by atoms with E-state index in [2.05, 4.69) is 36.4 Å². The molecule has 0 atom stereocenters. The zero-order valence-electron chi connectivity index (χ0n) is 10.9. The fourth-order valence-corrected chi connectivity index (χ4v) is 1.81. The molecule has 2 N–H and O–H groups in total. The molecular weight excluding hydrogens is 258 g/mol. The molecule has 2 aromatic carbocycles. The summed E-state index contributed by atoms with van der Waals surface area (Å²) < 4.78 is 5.57. The average molecular weight is 278 g/mol. The maximum absolute atomic E-state index is 5.57. The third-order valence-corrected chi connectivity index (χ3v) is 2.79. The van der Waals surface area contributed by atoms with Crippen molar-refractivity contribution in [2.24, 2.45) is 5.73 Å². The average Bonchev–Trinajstić information content (AvgIpc) is 2.42. The van der Waals surface area contributed by atoms with Crippen molar-refractivity contribution in [1.29, 1.82) is 0 Å². The number of hydrogen-bond acceptors (Lipinski definition) is 2. The monoisotopic (exact) mass is 277 g/mol. The Morgan fingerprint density at radius 2 is 1.47 bits per heavy atom. The van der Waals surface area contributed by atoms with Crippen LogP contribution in [0, 0.1) is 0 Å². The standard InChI is InChI=1S/C16H19NO.ClH/c17-11-4-12-18-16-9-7-15(8-10-16)13-14-5-2-1-3-6-14;/h1-3,5-10H,4,11-13,17H2;1H. The molecule has 0 aliphatic heterocycles. The number of nitrogens with two attached hydrogens (primary N) is 1. The summed E-state index contributed by atoms with van der Waals surface area (Å²) in [6.45, 7) is 1.36. The third-order valence-electron chi connectivity index (χ3n) is 2.79. The molecule has 0 amide bonds. The molecule has 3 heteroatoms. The molecule has 2 nitrogen and oxygen atoms in total. The smallest absolute Gasteiger partial charge is 0.119 e. The van der Waals surface area contributed by atoms with Crippen LogP contribution in [0.4, 0.5) is 0 Å². The van der Waals surface area contributed by atoms with Crippen LogP contribution in [-0.2, 0) is 6.42 Å². The lowest BCUT2D eigenvalue weighted by atomic mass is 10.1. The topological polar surface area (TPSA) is 35.2 Å². The third kappa shape index (κ3) is 5.33. The number of halogens is 1. The van der Waals surface area contributed by atoms with Crippen molar-refractivity contribution in [3.63, 3.8) is 0 Å². The second-order valence-electron chi connectivity index (χ2n) is 4.30. The van der Waals surface area contributed by atoms with Crippen LogP contribution in [0.3, 0.4) is 0 Å². The number of benzene rings is 2. The molecule has 0 radical (unpaired) electrons. The van der Waals surface area contributed by atoms with Crippen LogP contribution in [0.15, 0.2) is 54.6 Å². The summed E-state index contributed by atoms with van der Waals surface area (Å²) in [5, 5.41) is 0. The van der Waals surface area contributed by atoms with E-state index in [-0.39, 0.29) is 12.4 Å². The largest absolute Gasteiger partial charge is 0.494 e. The molecule has 0 aliphatic rings. The highest BCUT2D eigenvalue weighted by Crippen LogP contribution is 2.15. The fraction of sp³-hybridized carbons (Fsp3) is 0.250. The van der Waals surface area contributed by atoms with Gasteiger partial charge < -0.3 is 10.5 Å². The van der Waals surface area contributed by atoms with Gasteiger partial charge in [0.15, 0.2) is 0 Å². The van der Waals surface area contributed by atoms with E-state index in [1.54, 1.807) is 0 Å². The van der Waals surface area contributed by atoms with Gasteiger partial charge in [-0.1, -0.05) is 42.5 Å². The molecule has 0 saturated heterocycles. The van der Waals surface area contributed by atoms with E-state index in [0.29, 0.717) is 13.2 Å². The van der Waals surface area contributed by atoms with Crippen LogP contribution in [0.2, 0.25) is 0 Å². The minimum absolute atomic E-state index is 0. The maximum Gasteiger partial charge on any atom is 0.119 e. The maximum atomic E-state index is 5.57. The van der Waals surface area contributed by atoms with Gasteiger partial charge in [0.25, 0.3) is 0 Å². The Hall–Kier alpha value is -1.51. The Balaban J connectivity index is 0.00000180. The van der Waals surface area contributed by atoms with Crippen LogP contribution in [0.1, 0.15) is 17.5 Å². The Labute approximate surface area is 121 Å². The van der Waals surface area contributed by atoms with E-state index in [4.69, 9.17) is 10.5 Å². The molecule has 0 unspecified atom stereocenters. The molecule has 0 aliphatic carbocycles. The summed E-state index contributed by atoms with van der Waals surface area (Å²) in [6.07, 6.45) is 1.86. The zero-order chi connectivity index (χ0) is 12.6. The van der Waals surface area contributed by atoms with E-state index < -0.39 is 0 Å². The zero-order valence-corrected chi connectivity index (χ0v) is 11.7. The molecule has 0 bridgehead atoms. The SMILES string of the molecule is Cl.NCCCOc1ccc(Cc2ccccc2)cc1. The van der Waals surface area contributed by atoms with Crippen molar-refractivity contribution in [3.05, 3.63) is 65.7 Å². The lowest BCUT2D eigenvalue weighted by Gasteiger charge is -2.06. The number of rotatable bonds is 6. The van der Waals surface area contributed by atoms with Crippen molar-refractivity contribution in [3.8, 4) is 5.75 Å². The van der Waals surface area contributed by atoms with Crippen molar-refractivity contribution in [2.45, 2.75) is 12.8 Å². The highest BCUT2D eigenvalue weighted by molar-refractivity contribution is 5.85.